The van der Waals surface area contributed by atoms with Gasteiger partial charge in [0, 0.05) is 6.54 Å². The van der Waals surface area contributed by atoms with E-state index in [0.717, 1.165) is 17.7 Å². The molecule has 1 aliphatic heterocycles. The maximum Gasteiger partial charge on any atom is 0.325 e. The summed E-state index contributed by atoms with van der Waals surface area (Å²) in [7, 11) is 0. The smallest absolute Gasteiger partial charge is 0.325 e. The number of hydrogen-bond acceptors (Lipinski definition) is 5. The van der Waals surface area contributed by atoms with Gasteiger partial charge in [-0.15, -0.1) is 0 Å². The lowest BCUT2D eigenvalue weighted by atomic mass is 9.96. The number of urea groups is 1. The second-order valence-corrected chi connectivity index (χ2v) is 7.74. The van der Waals surface area contributed by atoms with Crippen molar-refractivity contribution in [3.05, 3.63) is 40.4 Å². The van der Waals surface area contributed by atoms with Crippen molar-refractivity contribution >= 4 is 28.7 Å². The summed E-state index contributed by atoms with van der Waals surface area (Å²) in [4.78, 5) is 59.6. The standard InChI is InChI=1S/C20H23N5O4/c1-3-24(10-15-21-14-7-5-4-6-13(14)17(27)22-15)16(26)11-25-18(28)20(2,12-8-9-12)23-19(25)29/h4-7,12H,3,8-11H2,1-2H3,(H,23,29)(H,21,22,27). The number of nitrogens with zero attached hydrogens (tertiary/aromatic N) is 3. The van der Waals surface area contributed by atoms with E-state index in [1.54, 1.807) is 38.1 Å². The molecule has 2 heterocycles. The predicted molar refractivity (Wildman–Crippen MR) is 105 cm³/mol. The Morgan fingerprint density at radius 3 is 2.69 bits per heavy atom. The summed E-state index contributed by atoms with van der Waals surface area (Å²) < 4.78 is 0. The second-order valence-electron chi connectivity index (χ2n) is 7.74. The number of nitrogens with one attached hydrogen (secondary N) is 2. The van der Waals surface area contributed by atoms with Crippen LogP contribution in [0.5, 0.6) is 0 Å². The van der Waals surface area contributed by atoms with Crippen LogP contribution in [0.25, 0.3) is 10.9 Å². The van der Waals surface area contributed by atoms with Crippen LogP contribution >= 0.6 is 0 Å². The van der Waals surface area contributed by atoms with Crippen molar-refractivity contribution in [1.82, 2.24) is 25.1 Å². The molecule has 2 N–H and O–H groups in total. The topological polar surface area (TPSA) is 115 Å². The van der Waals surface area contributed by atoms with Gasteiger partial charge >= 0.3 is 6.03 Å². The Labute approximate surface area is 167 Å². The molecule has 29 heavy (non-hydrogen) atoms. The third-order valence-corrected chi connectivity index (χ3v) is 5.73. The summed E-state index contributed by atoms with van der Waals surface area (Å²) in [5.41, 5.74) is -0.646. The maximum absolute atomic E-state index is 12.8. The average molecular weight is 397 g/mol. The fraction of sp³-hybridized carbons (Fsp3) is 0.450. The molecule has 1 aromatic carbocycles. The number of H-pyrrole nitrogens is 1. The highest BCUT2D eigenvalue weighted by Gasteiger charge is 2.56. The van der Waals surface area contributed by atoms with Gasteiger partial charge < -0.3 is 15.2 Å². The van der Waals surface area contributed by atoms with Gasteiger partial charge in [0.2, 0.25) is 5.91 Å². The van der Waals surface area contributed by atoms with Crippen molar-refractivity contribution < 1.29 is 14.4 Å². The molecule has 0 radical (unpaired) electrons. The van der Waals surface area contributed by atoms with Crippen LogP contribution in [0.15, 0.2) is 29.1 Å². The normalized spacial score (nSPS) is 21.5. The number of carbonyl (C=O) groups is 3. The monoisotopic (exact) mass is 397 g/mol. The summed E-state index contributed by atoms with van der Waals surface area (Å²) in [5, 5.41) is 3.21. The zero-order valence-corrected chi connectivity index (χ0v) is 16.4. The number of carbonyl (C=O) groups excluding carboxylic acids is 3. The Hall–Kier alpha value is -3.23. The van der Waals surface area contributed by atoms with Gasteiger partial charge in [-0.25, -0.2) is 9.78 Å². The molecule has 1 aliphatic carbocycles. The first-order valence-corrected chi connectivity index (χ1v) is 9.73. The lowest BCUT2D eigenvalue weighted by molar-refractivity contribution is -0.139. The molecule has 9 heteroatoms. The highest BCUT2D eigenvalue weighted by Crippen LogP contribution is 2.42. The summed E-state index contributed by atoms with van der Waals surface area (Å²) in [5.74, 6) is -0.254. The molecule has 4 rings (SSSR count). The van der Waals surface area contributed by atoms with E-state index in [4.69, 9.17) is 0 Å². The Bertz CT molecular complexity index is 1060. The number of aromatic amines is 1. The lowest BCUT2D eigenvalue weighted by Crippen LogP contribution is -2.47. The molecular weight excluding hydrogens is 374 g/mol. The number of fused-ring (bicyclic) bond motifs is 1. The minimum atomic E-state index is -0.917. The van der Waals surface area contributed by atoms with Gasteiger partial charge in [-0.1, -0.05) is 12.1 Å². The fourth-order valence-corrected chi connectivity index (χ4v) is 3.80. The van der Waals surface area contributed by atoms with E-state index in [9.17, 15) is 19.2 Å². The van der Waals surface area contributed by atoms with Crippen LogP contribution in [-0.2, 0) is 16.1 Å². The minimum Gasteiger partial charge on any atom is -0.334 e. The summed E-state index contributed by atoms with van der Waals surface area (Å²) >= 11 is 0. The summed E-state index contributed by atoms with van der Waals surface area (Å²) in [6.45, 7) is 3.60. The van der Waals surface area contributed by atoms with Crippen LogP contribution in [-0.4, -0.2) is 56.2 Å². The van der Waals surface area contributed by atoms with Crippen LogP contribution in [0.3, 0.4) is 0 Å². The van der Waals surface area contributed by atoms with Gasteiger partial charge in [-0.05, 0) is 44.7 Å². The van der Waals surface area contributed by atoms with E-state index in [1.807, 2.05) is 0 Å². The number of para-hydroxylation sites is 1. The van der Waals surface area contributed by atoms with Gasteiger partial charge in [-0.3, -0.25) is 19.3 Å². The molecule has 1 saturated carbocycles. The molecule has 0 spiro atoms. The molecule has 1 unspecified atom stereocenters. The largest absolute Gasteiger partial charge is 0.334 e. The summed E-state index contributed by atoms with van der Waals surface area (Å²) in [6.07, 6.45) is 1.79. The third-order valence-electron chi connectivity index (χ3n) is 5.73. The highest BCUT2D eigenvalue weighted by molar-refractivity contribution is 6.09. The molecule has 2 fully saturated rings. The quantitative estimate of drug-likeness (QED) is 0.706. The Morgan fingerprint density at radius 1 is 1.28 bits per heavy atom. The van der Waals surface area contributed by atoms with Crippen LogP contribution in [0.1, 0.15) is 32.5 Å². The second kappa shape index (κ2) is 6.98. The molecule has 1 aromatic heterocycles. The van der Waals surface area contributed by atoms with Gasteiger partial charge in [-0.2, -0.15) is 0 Å². The number of imide groups is 1. The van der Waals surface area contributed by atoms with Crippen molar-refractivity contribution in [2.75, 3.05) is 13.1 Å². The predicted octanol–water partition coefficient (Wildman–Crippen LogP) is 0.992. The SMILES string of the molecule is CCN(Cc1nc2ccccc2c(=O)[nH]1)C(=O)CN1C(=O)NC(C)(C2CC2)C1=O. The number of aromatic nitrogens is 2. The fourth-order valence-electron chi connectivity index (χ4n) is 3.80. The maximum atomic E-state index is 12.8. The number of amides is 4. The number of benzene rings is 1. The van der Waals surface area contributed by atoms with Crippen LogP contribution < -0.4 is 10.9 Å². The number of likely N-dealkylation sites (N-methyl/N-ethyl adjacent to an activating group) is 1. The van der Waals surface area contributed by atoms with Crippen molar-refractivity contribution in [3.8, 4) is 0 Å². The molecule has 0 bridgehead atoms. The van der Waals surface area contributed by atoms with E-state index in [0.29, 0.717) is 23.3 Å². The van der Waals surface area contributed by atoms with E-state index in [-0.39, 0.29) is 36.4 Å². The van der Waals surface area contributed by atoms with E-state index < -0.39 is 11.6 Å². The average Bonchev–Trinajstić information content (AvgIpc) is 3.52. The first-order chi connectivity index (χ1) is 13.8. The molecule has 4 amide bonds. The first kappa shape index (κ1) is 19.1. The molecule has 1 atom stereocenters. The van der Waals surface area contributed by atoms with Gasteiger partial charge in [0.05, 0.1) is 17.4 Å². The van der Waals surface area contributed by atoms with Crippen molar-refractivity contribution in [2.24, 2.45) is 5.92 Å². The zero-order chi connectivity index (χ0) is 20.8. The van der Waals surface area contributed by atoms with Crippen molar-refractivity contribution in [1.29, 1.82) is 0 Å². The molecule has 2 aliphatic rings. The van der Waals surface area contributed by atoms with Crippen molar-refractivity contribution in [3.63, 3.8) is 0 Å². The Kier molecular flexibility index (Phi) is 4.60. The van der Waals surface area contributed by atoms with Gasteiger partial charge in [0.1, 0.15) is 17.9 Å². The van der Waals surface area contributed by atoms with Crippen LogP contribution in [0, 0.1) is 5.92 Å². The lowest BCUT2D eigenvalue weighted by Gasteiger charge is -2.24. The van der Waals surface area contributed by atoms with Gasteiger partial charge in [0.25, 0.3) is 11.5 Å². The summed E-state index contributed by atoms with van der Waals surface area (Å²) in [6, 6.07) is 6.43. The van der Waals surface area contributed by atoms with E-state index in [1.165, 1.54) is 4.90 Å². The highest BCUT2D eigenvalue weighted by atomic mass is 16.2. The van der Waals surface area contributed by atoms with Crippen LogP contribution in [0.4, 0.5) is 4.79 Å². The zero-order valence-electron chi connectivity index (χ0n) is 16.4. The number of hydrogen-bond donors (Lipinski definition) is 2. The minimum absolute atomic E-state index is 0.0823. The molecule has 1 saturated heterocycles. The molecule has 9 nitrogen and oxygen atoms in total. The Balaban J connectivity index is 1.50. The van der Waals surface area contributed by atoms with E-state index >= 15 is 0 Å². The van der Waals surface area contributed by atoms with Crippen molar-refractivity contribution in [2.45, 2.75) is 38.8 Å². The van der Waals surface area contributed by atoms with Gasteiger partial charge in [0.15, 0.2) is 0 Å². The molecule has 152 valence electrons. The van der Waals surface area contributed by atoms with E-state index in [2.05, 4.69) is 15.3 Å². The molecule has 2 aromatic rings. The number of rotatable bonds is 6. The first-order valence-electron chi connectivity index (χ1n) is 9.73. The van der Waals surface area contributed by atoms with Crippen LogP contribution in [0.2, 0.25) is 0 Å². The molecular formula is C20H23N5O4. The third kappa shape index (κ3) is 3.37. The Morgan fingerprint density at radius 2 is 2.00 bits per heavy atom.